The second-order valence-corrected chi connectivity index (χ2v) is 11.8. The number of rotatable bonds is 12. The molecule has 0 aliphatic carbocycles. The normalized spacial score (nSPS) is 17.6. The maximum Gasteiger partial charge on any atom is 0.127 e. The van der Waals surface area contributed by atoms with Crippen LogP contribution in [0.2, 0.25) is 0 Å². The summed E-state index contributed by atoms with van der Waals surface area (Å²) in [7, 11) is 0. The molecule has 2 nitrogen and oxygen atoms in total. The molecule has 0 spiro atoms. The fraction of sp³-hybridized carbons (Fsp3) is 0.500. The highest BCUT2D eigenvalue weighted by Gasteiger charge is 2.34. The zero-order valence-electron chi connectivity index (χ0n) is 25.3. The van der Waals surface area contributed by atoms with E-state index < -0.39 is 0 Å². The van der Waals surface area contributed by atoms with Crippen molar-refractivity contribution in [3.63, 3.8) is 0 Å². The summed E-state index contributed by atoms with van der Waals surface area (Å²) in [6.07, 6.45) is 16.0. The number of hydrogen-bond acceptors (Lipinski definition) is 2. The molecule has 1 unspecified atom stereocenters. The summed E-state index contributed by atoms with van der Waals surface area (Å²) in [6, 6.07) is 10.4. The second-order valence-electron chi connectivity index (χ2n) is 11.8. The lowest BCUT2D eigenvalue weighted by Crippen LogP contribution is -2.37. The van der Waals surface area contributed by atoms with Crippen molar-refractivity contribution in [2.75, 3.05) is 0 Å². The molecule has 38 heavy (non-hydrogen) atoms. The van der Waals surface area contributed by atoms with Crippen molar-refractivity contribution in [1.29, 1.82) is 0 Å². The molecule has 0 amide bonds. The molecule has 1 aliphatic heterocycles. The van der Waals surface area contributed by atoms with Crippen molar-refractivity contribution < 1.29 is 9.47 Å². The molecular weight excluding hydrogens is 464 g/mol. The second kappa shape index (κ2) is 13.9. The van der Waals surface area contributed by atoms with Gasteiger partial charge in [0.15, 0.2) is 0 Å². The van der Waals surface area contributed by atoms with Gasteiger partial charge in [0.05, 0.1) is 0 Å². The van der Waals surface area contributed by atoms with Gasteiger partial charge in [0.2, 0.25) is 0 Å². The summed E-state index contributed by atoms with van der Waals surface area (Å²) >= 11 is 0. The van der Waals surface area contributed by atoms with Crippen LogP contribution in [-0.2, 0) is 13.0 Å². The number of fused-ring (bicyclic) bond motifs is 1. The minimum absolute atomic E-state index is 0.124. The first-order valence-corrected chi connectivity index (χ1v) is 14.5. The van der Waals surface area contributed by atoms with Gasteiger partial charge in [-0.3, -0.25) is 0 Å². The van der Waals surface area contributed by atoms with E-state index in [0.29, 0.717) is 6.61 Å². The van der Waals surface area contributed by atoms with Crippen LogP contribution in [0.1, 0.15) is 107 Å². The summed E-state index contributed by atoms with van der Waals surface area (Å²) in [5, 5.41) is 0. The van der Waals surface area contributed by atoms with Crippen LogP contribution < -0.4 is 9.47 Å². The third kappa shape index (κ3) is 8.38. The Kier molecular flexibility index (Phi) is 10.9. The summed E-state index contributed by atoms with van der Waals surface area (Å²) in [6.45, 7) is 18.3. The van der Waals surface area contributed by atoms with Crippen LogP contribution in [-0.4, -0.2) is 5.60 Å². The van der Waals surface area contributed by atoms with Gasteiger partial charge in [-0.25, -0.2) is 0 Å². The van der Waals surface area contributed by atoms with Gasteiger partial charge in [-0.15, -0.1) is 0 Å². The minimum atomic E-state index is -0.124. The van der Waals surface area contributed by atoms with Crippen LogP contribution >= 0.6 is 0 Å². The first kappa shape index (κ1) is 29.8. The number of benzene rings is 2. The average Bonchev–Trinajstić information content (AvgIpc) is 2.87. The highest BCUT2D eigenvalue weighted by atomic mass is 16.5. The van der Waals surface area contributed by atoms with E-state index in [1.54, 1.807) is 0 Å². The van der Waals surface area contributed by atoms with Crippen LogP contribution in [0.4, 0.5) is 0 Å². The van der Waals surface area contributed by atoms with Gasteiger partial charge in [0, 0.05) is 5.56 Å². The Labute approximate surface area is 232 Å². The van der Waals surface area contributed by atoms with E-state index in [2.05, 4.69) is 97.9 Å². The maximum atomic E-state index is 6.78. The molecule has 0 radical (unpaired) electrons. The molecule has 2 aromatic carbocycles. The Morgan fingerprint density at radius 2 is 1.47 bits per heavy atom. The molecule has 0 saturated heterocycles. The first-order valence-electron chi connectivity index (χ1n) is 14.5. The van der Waals surface area contributed by atoms with Crippen molar-refractivity contribution >= 4 is 0 Å². The van der Waals surface area contributed by atoms with Crippen LogP contribution in [0, 0.1) is 20.8 Å². The Hall–Kier alpha value is -2.74. The van der Waals surface area contributed by atoms with Gasteiger partial charge >= 0.3 is 0 Å². The average molecular weight is 515 g/mol. The van der Waals surface area contributed by atoms with E-state index in [9.17, 15) is 0 Å². The maximum absolute atomic E-state index is 6.78. The van der Waals surface area contributed by atoms with E-state index in [1.807, 2.05) is 6.07 Å². The number of ether oxygens (including phenoxy) is 2. The zero-order chi connectivity index (χ0) is 27.7. The van der Waals surface area contributed by atoms with Gasteiger partial charge in [-0.1, -0.05) is 65.3 Å². The van der Waals surface area contributed by atoms with Crippen molar-refractivity contribution in [2.24, 2.45) is 0 Å². The van der Waals surface area contributed by atoms with E-state index in [1.165, 1.54) is 51.0 Å². The SMILES string of the molecule is CC(C)=CCC/C(C)=C/CC/C(C)=C/CCC1(C)CCc2c(C)c(OCc3ccccc3)c(C)c(C)c2O1. The molecule has 2 heteroatoms. The van der Waals surface area contributed by atoms with Crippen molar-refractivity contribution in [3.05, 3.63) is 93.1 Å². The molecule has 206 valence electrons. The summed E-state index contributed by atoms with van der Waals surface area (Å²) < 4.78 is 13.1. The number of hydrogen-bond donors (Lipinski definition) is 0. The molecular formula is C36H50O2. The van der Waals surface area contributed by atoms with Crippen LogP contribution in [0.5, 0.6) is 11.5 Å². The lowest BCUT2D eigenvalue weighted by Gasteiger charge is -2.38. The zero-order valence-corrected chi connectivity index (χ0v) is 25.3. The van der Waals surface area contributed by atoms with Gasteiger partial charge in [0.1, 0.15) is 23.7 Å². The predicted octanol–water partition coefficient (Wildman–Crippen LogP) is 10.5. The van der Waals surface area contributed by atoms with Crippen molar-refractivity contribution in [3.8, 4) is 11.5 Å². The predicted molar refractivity (Wildman–Crippen MR) is 163 cm³/mol. The molecule has 0 N–H and O–H groups in total. The minimum Gasteiger partial charge on any atom is -0.488 e. The van der Waals surface area contributed by atoms with Gasteiger partial charge in [-0.05, 0) is 129 Å². The Morgan fingerprint density at radius 3 is 2.13 bits per heavy atom. The highest BCUT2D eigenvalue weighted by molar-refractivity contribution is 5.59. The third-order valence-electron chi connectivity index (χ3n) is 8.08. The molecule has 0 bridgehead atoms. The quantitative estimate of drug-likeness (QED) is 0.262. The monoisotopic (exact) mass is 514 g/mol. The highest BCUT2D eigenvalue weighted by Crippen LogP contribution is 2.45. The lowest BCUT2D eigenvalue weighted by molar-refractivity contribution is 0.0557. The van der Waals surface area contributed by atoms with E-state index >= 15 is 0 Å². The topological polar surface area (TPSA) is 18.5 Å². The molecule has 0 aromatic heterocycles. The summed E-state index contributed by atoms with van der Waals surface area (Å²) in [5.41, 5.74) is 10.5. The van der Waals surface area contributed by atoms with Crippen molar-refractivity contribution in [2.45, 2.75) is 119 Å². The number of allylic oxidation sites excluding steroid dienone is 6. The van der Waals surface area contributed by atoms with Crippen LogP contribution in [0.25, 0.3) is 0 Å². The van der Waals surface area contributed by atoms with E-state index in [-0.39, 0.29) is 5.60 Å². The van der Waals surface area contributed by atoms with Gasteiger partial charge in [0.25, 0.3) is 0 Å². The Bertz CT molecular complexity index is 1160. The fourth-order valence-electron chi connectivity index (χ4n) is 5.37. The smallest absolute Gasteiger partial charge is 0.127 e. The summed E-state index contributed by atoms with van der Waals surface area (Å²) in [5.74, 6) is 2.12. The molecule has 3 rings (SSSR count). The van der Waals surface area contributed by atoms with Crippen molar-refractivity contribution in [1.82, 2.24) is 0 Å². The van der Waals surface area contributed by atoms with E-state index in [4.69, 9.17) is 9.47 Å². The largest absolute Gasteiger partial charge is 0.488 e. The Morgan fingerprint density at radius 1 is 0.842 bits per heavy atom. The molecule has 2 aromatic rings. The van der Waals surface area contributed by atoms with Gasteiger partial charge in [-0.2, -0.15) is 0 Å². The fourth-order valence-corrected chi connectivity index (χ4v) is 5.37. The lowest BCUT2D eigenvalue weighted by atomic mass is 9.85. The molecule has 1 aliphatic rings. The third-order valence-corrected chi connectivity index (χ3v) is 8.08. The molecule has 0 saturated carbocycles. The first-order chi connectivity index (χ1) is 18.1. The molecule has 0 fully saturated rings. The van der Waals surface area contributed by atoms with Crippen LogP contribution in [0.15, 0.2) is 65.3 Å². The molecule has 1 heterocycles. The standard InChI is InChI=1S/C36H50O2/c1-26(2)15-12-16-27(3)17-13-18-28(4)19-14-23-36(8)24-22-33-31(7)34(29(5)30(6)35(33)38-36)37-25-32-20-10-9-11-21-32/h9-11,15,17,19-21H,12-14,16,18,22-25H2,1-8H3/b27-17+,28-19+. The summed E-state index contributed by atoms with van der Waals surface area (Å²) in [4.78, 5) is 0. The van der Waals surface area contributed by atoms with Gasteiger partial charge < -0.3 is 9.47 Å². The Balaban J connectivity index is 1.57. The van der Waals surface area contributed by atoms with E-state index in [0.717, 1.165) is 56.4 Å². The molecule has 1 atom stereocenters. The van der Waals surface area contributed by atoms with Crippen LogP contribution in [0.3, 0.4) is 0 Å².